The molecule has 1 aromatic carbocycles. The lowest BCUT2D eigenvalue weighted by molar-refractivity contribution is 0.225. The van der Waals surface area contributed by atoms with Gasteiger partial charge >= 0.3 is 6.03 Å². The van der Waals surface area contributed by atoms with Gasteiger partial charge in [0.25, 0.3) is 0 Å². The first kappa shape index (κ1) is 21.6. The predicted octanol–water partition coefficient (Wildman–Crippen LogP) is 3.76. The van der Waals surface area contributed by atoms with Crippen LogP contribution in [0.3, 0.4) is 0 Å². The molecule has 0 aliphatic carbocycles. The average Bonchev–Trinajstić information content (AvgIpc) is 3.19. The van der Waals surface area contributed by atoms with Crippen molar-refractivity contribution < 1.29 is 9.90 Å². The second-order valence-corrected chi connectivity index (χ2v) is 7.79. The molecule has 1 atom stereocenters. The summed E-state index contributed by atoms with van der Waals surface area (Å²) in [5, 5.41) is 17.7. The number of aromatic nitrogens is 2. The molecule has 0 spiro atoms. The number of nitrogens with zero attached hydrogens (tertiary/aromatic N) is 3. The molecular formula is C21H20ClN5O2S. The molecule has 2 amide bonds. The minimum absolute atomic E-state index is 0.300. The van der Waals surface area contributed by atoms with Crippen LogP contribution >= 0.6 is 22.9 Å². The lowest BCUT2D eigenvalue weighted by Crippen LogP contribution is -2.34. The van der Waals surface area contributed by atoms with Gasteiger partial charge in [-0.1, -0.05) is 23.7 Å². The molecular weight excluding hydrogens is 422 g/mol. The van der Waals surface area contributed by atoms with Crippen molar-refractivity contribution in [2.75, 3.05) is 30.9 Å². The largest absolute Gasteiger partial charge is 0.394 e. The molecule has 30 heavy (non-hydrogen) atoms. The topological polar surface area (TPSA) is 90.4 Å². The van der Waals surface area contributed by atoms with E-state index in [4.69, 9.17) is 18.0 Å². The van der Waals surface area contributed by atoms with Gasteiger partial charge in [-0.15, -0.1) is 17.8 Å². The number of carbonyl (C=O) groups is 1. The van der Waals surface area contributed by atoms with E-state index in [-0.39, 0.29) is 6.61 Å². The average molecular weight is 442 g/mol. The molecule has 0 fully saturated rings. The maximum absolute atomic E-state index is 12.3. The molecule has 3 N–H and O–H groups in total. The normalized spacial score (nSPS) is 11.4. The van der Waals surface area contributed by atoms with E-state index < -0.39 is 12.1 Å². The Bertz CT molecular complexity index is 1090. The third kappa shape index (κ3) is 4.89. The van der Waals surface area contributed by atoms with Gasteiger partial charge in [-0.3, -0.25) is 5.32 Å². The highest BCUT2D eigenvalue weighted by atomic mass is 35.5. The molecule has 7 nitrogen and oxygen atoms in total. The summed E-state index contributed by atoms with van der Waals surface area (Å²) in [4.78, 5) is 22.7. The van der Waals surface area contributed by atoms with E-state index >= 15 is 0 Å². The number of aliphatic hydroxyl groups is 1. The highest BCUT2D eigenvalue weighted by Crippen LogP contribution is 2.34. The zero-order valence-corrected chi connectivity index (χ0v) is 18.0. The molecule has 0 bridgehead atoms. The Morgan fingerprint density at radius 2 is 2.17 bits per heavy atom. The summed E-state index contributed by atoms with van der Waals surface area (Å²) < 4.78 is 0. The Balaban J connectivity index is 1.78. The smallest absolute Gasteiger partial charge is 0.320 e. The van der Waals surface area contributed by atoms with E-state index in [1.807, 2.05) is 43.3 Å². The molecule has 0 saturated heterocycles. The lowest BCUT2D eigenvalue weighted by atomic mass is 10.0. The van der Waals surface area contributed by atoms with Gasteiger partial charge in [0, 0.05) is 41.8 Å². The fraction of sp³-hybridized carbons (Fsp3) is 0.190. The van der Waals surface area contributed by atoms with Gasteiger partial charge in [0.05, 0.1) is 12.6 Å². The van der Waals surface area contributed by atoms with Crippen LogP contribution in [0.5, 0.6) is 0 Å². The molecule has 9 heteroatoms. The Hall–Kier alpha value is -3.12. The summed E-state index contributed by atoms with van der Waals surface area (Å²) in [6.45, 7) is -0.300. The van der Waals surface area contributed by atoms with Crippen molar-refractivity contribution in [1.82, 2.24) is 15.3 Å². The number of benzene rings is 1. The molecule has 0 aliphatic heterocycles. The highest BCUT2D eigenvalue weighted by Gasteiger charge is 2.18. The number of pyridine rings is 1. The third-order valence-corrected chi connectivity index (χ3v) is 5.34. The number of hydrogen-bond donors (Lipinski definition) is 3. The zero-order valence-electron chi connectivity index (χ0n) is 16.4. The van der Waals surface area contributed by atoms with Gasteiger partial charge in [-0.05, 0) is 29.7 Å². The second-order valence-electron chi connectivity index (χ2n) is 6.52. The highest BCUT2D eigenvalue weighted by molar-refractivity contribution is 7.10. The molecule has 0 unspecified atom stereocenters. The van der Waals surface area contributed by atoms with Gasteiger partial charge in [0.15, 0.2) is 5.01 Å². The number of hydrogen-bond acceptors (Lipinski definition) is 6. The van der Waals surface area contributed by atoms with E-state index in [9.17, 15) is 9.90 Å². The van der Waals surface area contributed by atoms with Crippen molar-refractivity contribution >= 4 is 40.6 Å². The number of urea groups is 1. The van der Waals surface area contributed by atoms with Crippen LogP contribution in [0.2, 0.25) is 5.02 Å². The van der Waals surface area contributed by atoms with Crippen molar-refractivity contribution in [3.05, 3.63) is 57.5 Å². The van der Waals surface area contributed by atoms with Crippen LogP contribution in [0.15, 0.2) is 41.9 Å². The predicted molar refractivity (Wildman–Crippen MR) is 121 cm³/mol. The molecule has 154 valence electrons. The standard InChI is InChI=1S/C21H20ClN5O2S/c1-4-19-25-18(12-30-19)26-21(29)24-17(11-28)13-7-8-14(16(22)10-13)15-6-5-9-23-20(15)27(2)3/h1,5-10,12,17,28H,11H2,2-3H3,(H2,24,26,29)/t17-/m0/s1. The molecule has 0 aliphatic rings. The first-order valence-corrected chi connectivity index (χ1v) is 10.2. The monoisotopic (exact) mass is 441 g/mol. The number of thiazole rings is 1. The van der Waals surface area contributed by atoms with Crippen LogP contribution in [-0.2, 0) is 0 Å². The Morgan fingerprint density at radius 1 is 1.37 bits per heavy atom. The van der Waals surface area contributed by atoms with Crippen molar-refractivity contribution in [3.8, 4) is 23.5 Å². The Morgan fingerprint density at radius 3 is 2.80 bits per heavy atom. The molecule has 2 aromatic heterocycles. The number of nitrogens with one attached hydrogen (secondary N) is 2. The van der Waals surface area contributed by atoms with Crippen molar-refractivity contribution in [2.45, 2.75) is 6.04 Å². The van der Waals surface area contributed by atoms with Crippen LogP contribution in [0.25, 0.3) is 11.1 Å². The number of anilines is 2. The number of aliphatic hydroxyl groups excluding tert-OH is 1. The quantitative estimate of drug-likeness (QED) is 0.507. The van der Waals surface area contributed by atoms with Crippen molar-refractivity contribution in [3.63, 3.8) is 0 Å². The first-order valence-electron chi connectivity index (χ1n) is 8.95. The second kappa shape index (κ2) is 9.59. The van der Waals surface area contributed by atoms with Gasteiger partial charge < -0.3 is 15.3 Å². The van der Waals surface area contributed by atoms with Crippen LogP contribution in [0, 0.1) is 12.3 Å². The van der Waals surface area contributed by atoms with E-state index in [0.29, 0.717) is 21.4 Å². The fourth-order valence-corrected chi connectivity index (χ4v) is 3.72. The Kier molecular flexibility index (Phi) is 6.90. The summed E-state index contributed by atoms with van der Waals surface area (Å²) in [5.41, 5.74) is 2.36. The van der Waals surface area contributed by atoms with Crippen molar-refractivity contribution in [1.29, 1.82) is 0 Å². The van der Waals surface area contributed by atoms with Gasteiger partial charge in [-0.25, -0.2) is 14.8 Å². The minimum Gasteiger partial charge on any atom is -0.394 e. The number of halogens is 1. The summed E-state index contributed by atoms with van der Waals surface area (Å²) in [7, 11) is 3.82. The number of terminal acetylenes is 1. The third-order valence-electron chi connectivity index (χ3n) is 4.25. The summed E-state index contributed by atoms with van der Waals surface area (Å²) in [5.74, 6) is 3.55. The molecule has 3 rings (SSSR count). The minimum atomic E-state index is -0.649. The molecule has 3 aromatic rings. The van der Waals surface area contributed by atoms with E-state index in [0.717, 1.165) is 16.9 Å². The van der Waals surface area contributed by atoms with E-state index in [2.05, 4.69) is 26.5 Å². The molecule has 2 heterocycles. The zero-order chi connectivity index (χ0) is 21.7. The Labute approximate surface area is 183 Å². The maximum Gasteiger partial charge on any atom is 0.320 e. The lowest BCUT2D eigenvalue weighted by Gasteiger charge is -2.19. The van der Waals surface area contributed by atoms with Crippen LogP contribution in [0.1, 0.15) is 16.6 Å². The fourth-order valence-electron chi connectivity index (χ4n) is 2.87. The van der Waals surface area contributed by atoms with Crippen LogP contribution in [-0.4, -0.2) is 41.8 Å². The van der Waals surface area contributed by atoms with Crippen LogP contribution in [0.4, 0.5) is 16.4 Å². The number of carbonyl (C=O) groups excluding carboxylic acids is 1. The van der Waals surface area contributed by atoms with Gasteiger partial charge in [0.2, 0.25) is 0 Å². The van der Waals surface area contributed by atoms with Crippen molar-refractivity contribution in [2.24, 2.45) is 0 Å². The number of rotatable bonds is 6. The van der Waals surface area contributed by atoms with E-state index in [1.165, 1.54) is 11.3 Å². The van der Waals surface area contributed by atoms with Crippen LogP contribution < -0.4 is 15.5 Å². The summed E-state index contributed by atoms with van der Waals surface area (Å²) >= 11 is 7.79. The van der Waals surface area contributed by atoms with E-state index in [1.54, 1.807) is 17.6 Å². The number of amides is 2. The SMILES string of the molecule is C#Cc1nc(NC(=O)N[C@@H](CO)c2ccc(-c3cccnc3N(C)C)c(Cl)c2)cs1. The maximum atomic E-state index is 12.3. The molecule has 0 radical (unpaired) electrons. The van der Waals surface area contributed by atoms with Gasteiger partial charge in [0.1, 0.15) is 11.6 Å². The summed E-state index contributed by atoms with van der Waals surface area (Å²) in [6.07, 6.45) is 7.01. The van der Waals surface area contributed by atoms with Gasteiger partial charge in [-0.2, -0.15) is 0 Å². The summed E-state index contributed by atoms with van der Waals surface area (Å²) in [6, 6.07) is 8.02. The molecule has 0 saturated carbocycles. The first-order chi connectivity index (χ1) is 14.4.